The highest BCUT2D eigenvalue weighted by Gasteiger charge is 2.20. The van der Waals surface area contributed by atoms with Crippen molar-refractivity contribution in [3.05, 3.63) is 46.6 Å². The maximum Gasteiger partial charge on any atom is 0.280 e. The van der Waals surface area contributed by atoms with Crippen LogP contribution in [-0.2, 0) is 14.4 Å². The Labute approximate surface area is 140 Å². The maximum atomic E-state index is 13.9. The molecule has 0 spiro atoms. The molecule has 0 saturated carbocycles. The Hall–Kier alpha value is -3.14. The third-order valence-electron chi connectivity index (χ3n) is 2.71. The first kappa shape index (κ1) is 17.2. The number of hydrogen-bond acceptors (Lipinski definition) is 7. The van der Waals surface area contributed by atoms with Crippen molar-refractivity contribution in [3.8, 4) is 11.6 Å². The number of carbonyl (C=O) groups excluding carboxylic acids is 2. The summed E-state index contributed by atoms with van der Waals surface area (Å²) >= 11 is 4.73. The zero-order valence-electron chi connectivity index (χ0n) is 12.3. The van der Waals surface area contributed by atoms with Crippen LogP contribution in [0.4, 0.5) is 4.39 Å². The van der Waals surface area contributed by atoms with Crippen LogP contribution in [0, 0.1) is 10.5 Å². The van der Waals surface area contributed by atoms with Gasteiger partial charge >= 0.3 is 0 Å². The molecule has 1 aromatic carbocycles. The third kappa shape index (κ3) is 3.79. The van der Waals surface area contributed by atoms with Gasteiger partial charge in [-0.1, -0.05) is 29.5 Å². The average molecular weight is 350 g/mol. The van der Waals surface area contributed by atoms with E-state index >= 15 is 0 Å². The summed E-state index contributed by atoms with van der Waals surface area (Å²) in [4.78, 5) is 33.1. The number of ether oxygens (including phenoxy) is 1. The topological polar surface area (TPSA) is 106 Å². The van der Waals surface area contributed by atoms with E-state index in [-0.39, 0.29) is 34.0 Å². The summed E-state index contributed by atoms with van der Waals surface area (Å²) in [6.07, 6.45) is 1.38. The van der Waals surface area contributed by atoms with Crippen molar-refractivity contribution in [1.29, 1.82) is 0 Å². The van der Waals surface area contributed by atoms with Gasteiger partial charge < -0.3 is 14.6 Å². The van der Waals surface area contributed by atoms with Gasteiger partial charge in [0.15, 0.2) is 10.4 Å². The predicted octanol–water partition coefficient (Wildman–Crippen LogP) is 1.69. The molecule has 0 fully saturated rings. The van der Waals surface area contributed by atoms with E-state index in [4.69, 9.17) is 17.0 Å². The van der Waals surface area contributed by atoms with E-state index < -0.39 is 11.7 Å². The molecular formula is C14H11FN4O4S. The van der Waals surface area contributed by atoms with Gasteiger partial charge in [-0.15, -0.1) is 0 Å². The first-order valence-electron chi connectivity index (χ1n) is 6.44. The fraction of sp³-hybridized carbons (Fsp3) is 0.0714. The lowest BCUT2D eigenvalue weighted by atomic mass is 10.1. The number of aromatic amines is 1. The van der Waals surface area contributed by atoms with Gasteiger partial charge in [0.2, 0.25) is 18.1 Å². The highest BCUT2D eigenvalue weighted by Crippen LogP contribution is 2.26. The lowest BCUT2D eigenvalue weighted by Crippen LogP contribution is -2.31. The van der Waals surface area contributed by atoms with E-state index in [1.54, 1.807) is 12.1 Å². The number of amides is 2. The number of halogens is 1. The average Bonchev–Trinajstić information content (AvgIpc) is 2.58. The second kappa shape index (κ2) is 7.92. The SMILES string of the molecule is CO/N=C(/C(=O)NC=O)c1ccccc1Oc1[nH]cnc(=S)c1F. The molecule has 0 aliphatic rings. The highest BCUT2D eigenvalue weighted by atomic mass is 32.1. The van der Waals surface area contributed by atoms with E-state index in [0.29, 0.717) is 0 Å². The zero-order chi connectivity index (χ0) is 17.5. The van der Waals surface area contributed by atoms with Gasteiger partial charge in [0.1, 0.15) is 12.9 Å². The minimum absolute atomic E-state index is 0.0881. The summed E-state index contributed by atoms with van der Waals surface area (Å²) in [5.74, 6) is -1.86. The molecule has 2 N–H and O–H groups in total. The number of imide groups is 1. The minimum Gasteiger partial charge on any atom is -0.437 e. The number of benzene rings is 1. The van der Waals surface area contributed by atoms with Crippen molar-refractivity contribution >= 4 is 30.2 Å². The summed E-state index contributed by atoms with van der Waals surface area (Å²) in [5, 5.41) is 5.53. The van der Waals surface area contributed by atoms with Gasteiger partial charge in [0.05, 0.1) is 11.9 Å². The number of aromatic nitrogens is 2. The molecule has 0 aliphatic carbocycles. The Bertz CT molecular complexity index is 853. The van der Waals surface area contributed by atoms with Crippen LogP contribution in [0.15, 0.2) is 35.7 Å². The van der Waals surface area contributed by atoms with Gasteiger partial charge in [-0.2, -0.15) is 4.39 Å². The Kier molecular flexibility index (Phi) is 5.68. The molecule has 8 nitrogen and oxygen atoms in total. The van der Waals surface area contributed by atoms with Crippen LogP contribution in [0.3, 0.4) is 0 Å². The van der Waals surface area contributed by atoms with Crippen molar-refractivity contribution in [2.75, 3.05) is 7.11 Å². The lowest BCUT2D eigenvalue weighted by Gasteiger charge is -2.11. The molecular weight excluding hydrogens is 339 g/mol. The van der Waals surface area contributed by atoms with Crippen LogP contribution in [0.5, 0.6) is 11.6 Å². The number of nitrogens with one attached hydrogen (secondary N) is 2. The summed E-state index contributed by atoms with van der Waals surface area (Å²) in [5.41, 5.74) is -0.0532. The quantitative estimate of drug-likeness (QED) is 0.355. The Morgan fingerprint density at radius 2 is 2.21 bits per heavy atom. The first-order valence-corrected chi connectivity index (χ1v) is 6.85. The van der Waals surface area contributed by atoms with Gasteiger partial charge in [0, 0.05) is 0 Å². The minimum atomic E-state index is -0.857. The second-order valence-electron chi connectivity index (χ2n) is 4.16. The van der Waals surface area contributed by atoms with E-state index in [1.165, 1.54) is 25.6 Å². The Morgan fingerprint density at radius 1 is 1.46 bits per heavy atom. The van der Waals surface area contributed by atoms with Crippen molar-refractivity contribution in [1.82, 2.24) is 15.3 Å². The van der Waals surface area contributed by atoms with Gasteiger partial charge in [-0.3, -0.25) is 14.9 Å². The summed E-state index contributed by atoms with van der Waals surface area (Å²) < 4.78 is 19.1. The van der Waals surface area contributed by atoms with Gasteiger partial charge in [-0.05, 0) is 12.1 Å². The van der Waals surface area contributed by atoms with Crippen molar-refractivity contribution in [2.24, 2.45) is 5.16 Å². The maximum absolute atomic E-state index is 13.9. The molecule has 0 saturated heterocycles. The molecule has 124 valence electrons. The van der Waals surface area contributed by atoms with E-state index in [0.717, 1.165) is 0 Å². The smallest absolute Gasteiger partial charge is 0.280 e. The van der Waals surface area contributed by atoms with Crippen LogP contribution in [0.25, 0.3) is 0 Å². The predicted molar refractivity (Wildman–Crippen MR) is 83.6 cm³/mol. The van der Waals surface area contributed by atoms with E-state index in [1.807, 2.05) is 5.32 Å². The summed E-state index contributed by atoms with van der Waals surface area (Å²) in [6, 6.07) is 6.18. The number of carbonyl (C=O) groups is 2. The third-order valence-corrected chi connectivity index (χ3v) is 2.99. The molecule has 0 unspecified atom stereocenters. The van der Waals surface area contributed by atoms with Gasteiger partial charge in [0.25, 0.3) is 5.91 Å². The fourth-order valence-corrected chi connectivity index (χ4v) is 1.87. The number of para-hydroxylation sites is 1. The number of nitrogens with zero attached hydrogens (tertiary/aromatic N) is 2. The standard InChI is InChI=1S/C14H11FN4O4S/c1-22-19-11(12(21)18-7-20)8-4-2-3-5-9(8)23-13-10(15)14(24)17-6-16-13/h2-7H,1H3,(H,16,17,24)(H,18,20,21)/b19-11+. The summed E-state index contributed by atoms with van der Waals surface area (Å²) in [6.45, 7) is 0. The monoisotopic (exact) mass is 350 g/mol. The molecule has 2 amide bonds. The molecule has 10 heteroatoms. The number of H-pyrrole nitrogens is 1. The normalized spacial score (nSPS) is 10.8. The molecule has 1 heterocycles. The molecule has 24 heavy (non-hydrogen) atoms. The van der Waals surface area contributed by atoms with Crippen LogP contribution >= 0.6 is 12.2 Å². The molecule has 0 aliphatic heterocycles. The van der Waals surface area contributed by atoms with Crippen molar-refractivity contribution in [2.45, 2.75) is 0 Å². The van der Waals surface area contributed by atoms with Crippen LogP contribution in [-0.4, -0.2) is 35.1 Å². The van der Waals surface area contributed by atoms with Gasteiger partial charge in [-0.25, -0.2) is 4.98 Å². The Balaban J connectivity index is 2.48. The molecule has 2 rings (SSSR count). The molecule has 0 radical (unpaired) electrons. The number of oxime groups is 1. The highest BCUT2D eigenvalue weighted by molar-refractivity contribution is 7.71. The van der Waals surface area contributed by atoms with Crippen LogP contribution in [0.1, 0.15) is 5.56 Å². The molecule has 0 bridgehead atoms. The fourth-order valence-electron chi connectivity index (χ4n) is 1.73. The molecule has 0 atom stereocenters. The lowest BCUT2D eigenvalue weighted by molar-refractivity contribution is -0.120. The summed E-state index contributed by atoms with van der Waals surface area (Å²) in [7, 11) is 1.23. The first-order chi connectivity index (χ1) is 11.6. The van der Waals surface area contributed by atoms with Crippen molar-refractivity contribution < 1.29 is 23.6 Å². The van der Waals surface area contributed by atoms with E-state index in [2.05, 4.69) is 20.0 Å². The largest absolute Gasteiger partial charge is 0.437 e. The van der Waals surface area contributed by atoms with Crippen LogP contribution < -0.4 is 10.1 Å². The number of hydrogen-bond donors (Lipinski definition) is 2. The second-order valence-corrected chi connectivity index (χ2v) is 4.55. The number of rotatable bonds is 6. The Morgan fingerprint density at radius 3 is 2.92 bits per heavy atom. The van der Waals surface area contributed by atoms with E-state index in [9.17, 15) is 14.0 Å². The molecule has 2 aromatic rings. The van der Waals surface area contributed by atoms with Crippen LogP contribution in [0.2, 0.25) is 0 Å². The van der Waals surface area contributed by atoms with Crippen molar-refractivity contribution in [3.63, 3.8) is 0 Å². The zero-order valence-corrected chi connectivity index (χ0v) is 13.1. The molecule has 1 aromatic heterocycles.